The number of phenols is 1. The number of carbonyl (C=O) groups is 3. The molecule has 0 fully saturated rings. The Morgan fingerprint density at radius 3 is 2.10 bits per heavy atom. The Balaban J connectivity index is 2.59. The molecule has 0 aromatic heterocycles. The Labute approximate surface area is 245 Å². The Bertz CT molecular complexity index is 1140. The number of aromatic hydroxyl groups is 1. The molecule has 226 valence electrons. The van der Waals surface area contributed by atoms with Crippen LogP contribution in [0.25, 0.3) is 0 Å². The Morgan fingerprint density at radius 1 is 0.951 bits per heavy atom. The zero-order valence-electron chi connectivity index (χ0n) is 26.0. The number of ether oxygens (including phenoxy) is 1. The molecule has 0 heterocycles. The minimum absolute atomic E-state index is 0.0625. The van der Waals surface area contributed by atoms with Crippen molar-refractivity contribution in [3.63, 3.8) is 0 Å². The molecule has 2 aromatic carbocycles. The summed E-state index contributed by atoms with van der Waals surface area (Å²) in [5, 5.41) is 15.9. The molecule has 41 heavy (non-hydrogen) atoms. The highest BCUT2D eigenvalue weighted by atomic mass is 16.6. The van der Waals surface area contributed by atoms with Crippen molar-refractivity contribution in [1.82, 2.24) is 10.2 Å². The third-order valence-electron chi connectivity index (χ3n) is 7.19. The van der Waals surface area contributed by atoms with Gasteiger partial charge < -0.3 is 25.4 Å². The number of nitrogens with zero attached hydrogens (tertiary/aromatic N) is 1. The molecule has 3 atom stereocenters. The number of amides is 3. The molecule has 3 N–H and O–H groups in total. The summed E-state index contributed by atoms with van der Waals surface area (Å²) < 4.78 is 5.49. The minimum Gasteiger partial charge on any atom is -0.508 e. The van der Waals surface area contributed by atoms with E-state index in [4.69, 9.17) is 4.74 Å². The first-order valence-corrected chi connectivity index (χ1v) is 14.7. The largest absolute Gasteiger partial charge is 0.508 e. The number of nitrogens with one attached hydrogen (secondary N) is 2. The van der Waals surface area contributed by atoms with Crippen LogP contribution < -0.4 is 10.6 Å². The fraction of sp³-hybridized carbons (Fsp3) is 0.545. The fourth-order valence-corrected chi connectivity index (χ4v) is 4.70. The summed E-state index contributed by atoms with van der Waals surface area (Å²) in [5.41, 5.74) is 2.35. The highest BCUT2D eigenvalue weighted by molar-refractivity contribution is 6.00. The molecule has 0 aliphatic rings. The molecule has 3 amide bonds. The van der Waals surface area contributed by atoms with Gasteiger partial charge in [0.1, 0.15) is 23.4 Å². The number of anilines is 1. The summed E-state index contributed by atoms with van der Waals surface area (Å²) in [5.74, 6) is -0.864. The van der Waals surface area contributed by atoms with Crippen LogP contribution in [0, 0.1) is 19.8 Å². The van der Waals surface area contributed by atoms with Crippen molar-refractivity contribution in [1.29, 1.82) is 0 Å². The van der Waals surface area contributed by atoms with Gasteiger partial charge in [-0.3, -0.25) is 9.59 Å². The number of hydrogen-bond acceptors (Lipinski definition) is 5. The van der Waals surface area contributed by atoms with E-state index >= 15 is 0 Å². The molecule has 0 bridgehead atoms. The number of unbranched alkanes of at least 4 members (excludes halogenated alkanes) is 3. The van der Waals surface area contributed by atoms with Crippen molar-refractivity contribution in [2.24, 2.45) is 5.92 Å². The van der Waals surface area contributed by atoms with Crippen LogP contribution in [0.1, 0.15) is 96.4 Å². The van der Waals surface area contributed by atoms with Gasteiger partial charge >= 0.3 is 6.09 Å². The van der Waals surface area contributed by atoms with Gasteiger partial charge in [-0.25, -0.2) is 4.79 Å². The van der Waals surface area contributed by atoms with E-state index in [1.807, 2.05) is 45.9 Å². The summed E-state index contributed by atoms with van der Waals surface area (Å²) in [6.45, 7) is 15.5. The molecule has 0 saturated heterocycles. The van der Waals surface area contributed by atoms with Crippen LogP contribution >= 0.6 is 0 Å². The predicted octanol–water partition coefficient (Wildman–Crippen LogP) is 7.04. The normalized spacial score (nSPS) is 13.6. The molecule has 2 aromatic rings. The monoisotopic (exact) mass is 567 g/mol. The first-order chi connectivity index (χ1) is 19.3. The van der Waals surface area contributed by atoms with E-state index in [0.29, 0.717) is 30.6 Å². The van der Waals surface area contributed by atoms with Gasteiger partial charge in [-0.1, -0.05) is 76.8 Å². The molecule has 0 aliphatic heterocycles. The number of aryl methyl sites for hydroxylation is 2. The molecule has 8 heteroatoms. The van der Waals surface area contributed by atoms with E-state index in [1.165, 1.54) is 12.1 Å². The zero-order valence-corrected chi connectivity index (χ0v) is 26.0. The molecule has 2 rings (SSSR count). The molecule has 3 unspecified atom stereocenters. The van der Waals surface area contributed by atoms with Gasteiger partial charge in [0.25, 0.3) is 5.91 Å². The van der Waals surface area contributed by atoms with Gasteiger partial charge in [0.05, 0.1) is 0 Å². The lowest BCUT2D eigenvalue weighted by molar-refractivity contribution is -0.142. The summed E-state index contributed by atoms with van der Waals surface area (Å²) in [7, 11) is 0. The number of benzene rings is 2. The number of alkyl carbamates (subject to hydrolysis) is 1. The maximum atomic E-state index is 14.4. The summed E-state index contributed by atoms with van der Waals surface area (Å²) >= 11 is 0. The molecule has 0 spiro atoms. The topological polar surface area (TPSA) is 108 Å². The molecule has 0 radical (unpaired) electrons. The van der Waals surface area contributed by atoms with Gasteiger partial charge in [0.2, 0.25) is 5.91 Å². The molecule has 0 aliphatic carbocycles. The molecular weight excluding hydrogens is 518 g/mol. The zero-order chi connectivity index (χ0) is 30.7. The second-order valence-electron chi connectivity index (χ2n) is 11.9. The van der Waals surface area contributed by atoms with Crippen molar-refractivity contribution in [2.45, 2.75) is 105 Å². The summed E-state index contributed by atoms with van der Waals surface area (Å²) in [4.78, 5) is 43.0. The van der Waals surface area contributed by atoms with Crippen LogP contribution in [0.3, 0.4) is 0 Å². The molecule has 8 nitrogen and oxygen atoms in total. The molecule has 0 saturated carbocycles. The van der Waals surface area contributed by atoms with Crippen molar-refractivity contribution < 1.29 is 24.2 Å². The van der Waals surface area contributed by atoms with E-state index < -0.39 is 23.8 Å². The Morgan fingerprint density at radius 2 is 1.56 bits per heavy atom. The Hall–Kier alpha value is -3.55. The standard InChI is InChI=1S/C33H49N3O5/c1-9-11-12-13-21-36(31(39)28(22(3)10-2)35-32(40)41-33(6,7)8)29(25-17-19-26(37)20-18-25)30(38)34-27-23(4)15-14-16-24(27)5/h14-20,22,28-29,37H,9-13,21H2,1-8H3,(H,34,38)(H,35,40). The van der Waals surface area contributed by atoms with E-state index in [1.54, 1.807) is 37.8 Å². The SMILES string of the molecule is CCCCCCN(C(=O)C(NC(=O)OC(C)(C)C)C(C)CC)C(C(=O)Nc1c(C)cccc1C)c1ccc(O)cc1. The lowest BCUT2D eigenvalue weighted by Gasteiger charge is -2.36. The first-order valence-electron chi connectivity index (χ1n) is 14.7. The Kier molecular flexibility index (Phi) is 12.7. The second kappa shape index (κ2) is 15.5. The van der Waals surface area contributed by atoms with Crippen LogP contribution in [-0.4, -0.2) is 46.1 Å². The maximum Gasteiger partial charge on any atom is 0.408 e. The van der Waals surface area contributed by atoms with E-state index in [9.17, 15) is 19.5 Å². The van der Waals surface area contributed by atoms with E-state index in [-0.39, 0.29) is 23.5 Å². The van der Waals surface area contributed by atoms with Gasteiger partial charge in [-0.05, 0) is 75.8 Å². The molecular formula is C33H49N3O5. The van der Waals surface area contributed by atoms with Crippen LogP contribution in [0.2, 0.25) is 0 Å². The third kappa shape index (κ3) is 10.1. The minimum atomic E-state index is -0.990. The number of phenolic OH excluding ortho intramolecular Hbond substituents is 1. The van der Waals surface area contributed by atoms with Crippen LogP contribution in [0.15, 0.2) is 42.5 Å². The van der Waals surface area contributed by atoms with Crippen LogP contribution in [0.4, 0.5) is 10.5 Å². The first kappa shape index (κ1) is 33.7. The smallest absolute Gasteiger partial charge is 0.408 e. The lowest BCUT2D eigenvalue weighted by atomic mass is 9.95. The van der Waals surface area contributed by atoms with Crippen molar-refractivity contribution >= 4 is 23.6 Å². The fourth-order valence-electron chi connectivity index (χ4n) is 4.70. The maximum absolute atomic E-state index is 14.4. The average molecular weight is 568 g/mol. The van der Waals surface area contributed by atoms with Gasteiger partial charge in [-0.15, -0.1) is 0 Å². The van der Waals surface area contributed by atoms with Crippen molar-refractivity contribution in [2.75, 3.05) is 11.9 Å². The number of para-hydroxylation sites is 1. The van der Waals surface area contributed by atoms with Crippen LogP contribution in [0.5, 0.6) is 5.75 Å². The van der Waals surface area contributed by atoms with E-state index in [0.717, 1.165) is 30.4 Å². The van der Waals surface area contributed by atoms with Crippen LogP contribution in [-0.2, 0) is 14.3 Å². The van der Waals surface area contributed by atoms with Crippen molar-refractivity contribution in [3.8, 4) is 5.75 Å². The number of rotatable bonds is 13. The number of carbonyl (C=O) groups excluding carboxylic acids is 3. The predicted molar refractivity (Wildman–Crippen MR) is 164 cm³/mol. The summed E-state index contributed by atoms with van der Waals surface area (Å²) in [6, 6.07) is 10.3. The van der Waals surface area contributed by atoms with Gasteiger partial charge in [0.15, 0.2) is 0 Å². The highest BCUT2D eigenvalue weighted by Gasteiger charge is 2.38. The van der Waals surface area contributed by atoms with E-state index in [2.05, 4.69) is 17.6 Å². The van der Waals surface area contributed by atoms with Gasteiger partial charge in [-0.2, -0.15) is 0 Å². The average Bonchev–Trinajstić information content (AvgIpc) is 2.90. The quantitative estimate of drug-likeness (QED) is 0.225. The van der Waals surface area contributed by atoms with Gasteiger partial charge in [0, 0.05) is 12.2 Å². The number of hydrogen-bond donors (Lipinski definition) is 3. The highest BCUT2D eigenvalue weighted by Crippen LogP contribution is 2.29. The summed E-state index contributed by atoms with van der Waals surface area (Å²) in [6.07, 6.45) is 3.58. The second-order valence-corrected chi connectivity index (χ2v) is 11.9. The lowest BCUT2D eigenvalue weighted by Crippen LogP contribution is -2.55. The third-order valence-corrected chi connectivity index (χ3v) is 7.19. The van der Waals surface area contributed by atoms with Crippen molar-refractivity contribution in [3.05, 3.63) is 59.2 Å².